The van der Waals surface area contributed by atoms with Gasteiger partial charge in [-0.15, -0.1) is 0 Å². The molecule has 0 bridgehead atoms. The number of rotatable bonds is 5. The Morgan fingerprint density at radius 1 is 1.41 bits per heavy atom. The lowest BCUT2D eigenvalue weighted by atomic mass is 9.86. The van der Waals surface area contributed by atoms with E-state index in [0.29, 0.717) is 6.04 Å². The molecule has 1 N–H and O–H groups in total. The number of imidazole rings is 1. The molecule has 3 nitrogen and oxygen atoms in total. The highest BCUT2D eigenvalue weighted by Gasteiger charge is 2.24. The lowest BCUT2D eigenvalue weighted by Crippen LogP contribution is -2.22. The highest BCUT2D eigenvalue weighted by Crippen LogP contribution is 2.34. The van der Waals surface area contributed by atoms with Crippen LogP contribution in [0.25, 0.3) is 0 Å². The number of aromatic nitrogens is 2. The summed E-state index contributed by atoms with van der Waals surface area (Å²) in [4.78, 5) is 4.45. The average Bonchev–Trinajstić information content (AvgIpc) is 2.78. The Hall–Kier alpha value is -0.990. The van der Waals surface area contributed by atoms with Crippen LogP contribution in [-0.2, 0) is 0 Å². The first-order valence-electron chi connectivity index (χ1n) is 7.09. The summed E-state index contributed by atoms with van der Waals surface area (Å²) in [5, 5.41) is 3.46. The summed E-state index contributed by atoms with van der Waals surface area (Å²) in [6.07, 6.45) is 11.9. The molecule has 1 aliphatic carbocycles. The van der Waals surface area contributed by atoms with Gasteiger partial charge in [0.2, 0.25) is 5.95 Å². The van der Waals surface area contributed by atoms with Crippen LogP contribution in [0.5, 0.6) is 0 Å². The molecule has 17 heavy (non-hydrogen) atoms. The molecule has 0 spiro atoms. The second-order valence-electron chi connectivity index (χ2n) is 5.27. The zero-order chi connectivity index (χ0) is 12.1. The molecule has 0 aliphatic heterocycles. The van der Waals surface area contributed by atoms with Gasteiger partial charge in [-0.05, 0) is 25.2 Å². The van der Waals surface area contributed by atoms with Crippen LogP contribution in [0.15, 0.2) is 12.4 Å². The lowest BCUT2D eigenvalue weighted by molar-refractivity contribution is 0.259. The van der Waals surface area contributed by atoms with E-state index in [0.717, 1.165) is 18.4 Å². The monoisotopic (exact) mass is 235 g/mol. The number of unbranched alkanes of at least 4 members (excludes halogenated alkanes) is 1. The van der Waals surface area contributed by atoms with Crippen LogP contribution < -0.4 is 5.32 Å². The van der Waals surface area contributed by atoms with Gasteiger partial charge < -0.3 is 9.88 Å². The van der Waals surface area contributed by atoms with Crippen molar-refractivity contribution >= 4 is 5.95 Å². The minimum Gasteiger partial charge on any atom is -0.356 e. The Morgan fingerprint density at radius 2 is 2.24 bits per heavy atom. The molecule has 3 heteroatoms. The number of anilines is 1. The third kappa shape index (κ3) is 3.02. The lowest BCUT2D eigenvalue weighted by Gasteiger charge is -2.31. The third-order valence-electron chi connectivity index (χ3n) is 3.91. The molecule has 1 aromatic heterocycles. The van der Waals surface area contributed by atoms with Crippen molar-refractivity contribution < 1.29 is 0 Å². The van der Waals surface area contributed by atoms with Gasteiger partial charge in [0.05, 0.1) is 0 Å². The van der Waals surface area contributed by atoms with Crippen LogP contribution in [-0.4, -0.2) is 16.1 Å². The van der Waals surface area contributed by atoms with Crippen LogP contribution >= 0.6 is 0 Å². The van der Waals surface area contributed by atoms with Gasteiger partial charge in [-0.3, -0.25) is 0 Å². The Morgan fingerprint density at radius 3 is 3.00 bits per heavy atom. The van der Waals surface area contributed by atoms with E-state index in [4.69, 9.17) is 0 Å². The molecule has 2 atom stereocenters. The minimum absolute atomic E-state index is 0.648. The molecule has 1 heterocycles. The molecular weight excluding hydrogens is 210 g/mol. The quantitative estimate of drug-likeness (QED) is 0.786. The molecule has 2 unspecified atom stereocenters. The van der Waals surface area contributed by atoms with E-state index in [-0.39, 0.29) is 0 Å². The van der Waals surface area contributed by atoms with Crippen molar-refractivity contribution in [3.63, 3.8) is 0 Å². The summed E-state index contributed by atoms with van der Waals surface area (Å²) in [6.45, 7) is 5.63. The fraction of sp³-hybridized carbons (Fsp3) is 0.786. The van der Waals surface area contributed by atoms with Crippen LogP contribution in [0, 0.1) is 5.92 Å². The number of nitrogens with zero attached hydrogens (tertiary/aromatic N) is 2. The van der Waals surface area contributed by atoms with Crippen molar-refractivity contribution in [1.82, 2.24) is 9.55 Å². The molecule has 0 amide bonds. The van der Waals surface area contributed by atoms with Gasteiger partial charge in [-0.2, -0.15) is 0 Å². The maximum atomic E-state index is 4.45. The fourth-order valence-electron chi connectivity index (χ4n) is 2.80. The predicted octanol–water partition coefficient (Wildman–Crippen LogP) is 3.85. The second kappa shape index (κ2) is 6.08. The van der Waals surface area contributed by atoms with Gasteiger partial charge in [0.25, 0.3) is 0 Å². The van der Waals surface area contributed by atoms with Crippen molar-refractivity contribution in [3.05, 3.63) is 12.4 Å². The molecule has 2 rings (SSSR count). The first kappa shape index (κ1) is 12.5. The molecule has 96 valence electrons. The molecular formula is C14H25N3. The highest BCUT2D eigenvalue weighted by atomic mass is 15.2. The van der Waals surface area contributed by atoms with Crippen LogP contribution in [0.1, 0.15) is 58.4 Å². The van der Waals surface area contributed by atoms with Crippen LogP contribution in [0.4, 0.5) is 5.95 Å². The van der Waals surface area contributed by atoms with Gasteiger partial charge in [-0.1, -0.05) is 33.1 Å². The summed E-state index contributed by atoms with van der Waals surface area (Å²) in [5.41, 5.74) is 0. The van der Waals surface area contributed by atoms with Crippen molar-refractivity contribution in [1.29, 1.82) is 0 Å². The summed E-state index contributed by atoms with van der Waals surface area (Å²) in [7, 11) is 0. The SMILES string of the molecule is CCCCNc1nccn1C1CCCCC1C. The topological polar surface area (TPSA) is 29.9 Å². The Bertz CT molecular complexity index is 332. The van der Waals surface area contributed by atoms with E-state index in [1.165, 1.54) is 38.5 Å². The number of hydrogen-bond acceptors (Lipinski definition) is 2. The Kier molecular flexibility index (Phi) is 4.46. The normalized spacial score (nSPS) is 24.8. The number of nitrogens with one attached hydrogen (secondary N) is 1. The summed E-state index contributed by atoms with van der Waals surface area (Å²) in [5.74, 6) is 1.85. The minimum atomic E-state index is 0.648. The first-order valence-corrected chi connectivity index (χ1v) is 7.09. The largest absolute Gasteiger partial charge is 0.356 e. The summed E-state index contributed by atoms with van der Waals surface area (Å²) in [6, 6.07) is 0.648. The van der Waals surface area contributed by atoms with E-state index >= 15 is 0 Å². The maximum Gasteiger partial charge on any atom is 0.203 e. The van der Waals surface area contributed by atoms with Crippen molar-refractivity contribution in [2.45, 2.75) is 58.4 Å². The van der Waals surface area contributed by atoms with Gasteiger partial charge in [0.1, 0.15) is 0 Å². The summed E-state index contributed by atoms with van der Waals surface area (Å²) >= 11 is 0. The Labute approximate surface area is 105 Å². The van der Waals surface area contributed by atoms with Gasteiger partial charge in [0.15, 0.2) is 0 Å². The van der Waals surface area contributed by atoms with E-state index < -0.39 is 0 Å². The molecule has 1 aromatic rings. The third-order valence-corrected chi connectivity index (χ3v) is 3.91. The highest BCUT2D eigenvalue weighted by molar-refractivity contribution is 5.26. The van der Waals surface area contributed by atoms with Crippen molar-refractivity contribution in [2.24, 2.45) is 5.92 Å². The molecule has 0 radical (unpaired) electrons. The zero-order valence-electron chi connectivity index (χ0n) is 11.2. The number of hydrogen-bond donors (Lipinski definition) is 1. The average molecular weight is 235 g/mol. The van der Waals surface area contributed by atoms with Gasteiger partial charge in [0, 0.05) is 25.0 Å². The standard InChI is InChI=1S/C14H25N3/c1-3-4-9-15-14-16-10-11-17(14)13-8-6-5-7-12(13)2/h10-13H,3-9H2,1-2H3,(H,15,16). The van der Waals surface area contributed by atoms with E-state index in [1.54, 1.807) is 0 Å². The molecule has 0 aromatic carbocycles. The predicted molar refractivity (Wildman–Crippen MR) is 72.3 cm³/mol. The molecule has 1 aliphatic rings. The zero-order valence-corrected chi connectivity index (χ0v) is 11.2. The first-order chi connectivity index (χ1) is 8.33. The summed E-state index contributed by atoms with van der Waals surface area (Å²) < 4.78 is 2.36. The van der Waals surface area contributed by atoms with E-state index in [9.17, 15) is 0 Å². The molecule has 0 saturated heterocycles. The smallest absolute Gasteiger partial charge is 0.203 e. The van der Waals surface area contributed by atoms with Crippen LogP contribution in [0.3, 0.4) is 0 Å². The Balaban J connectivity index is 2.01. The second-order valence-corrected chi connectivity index (χ2v) is 5.27. The van der Waals surface area contributed by atoms with Gasteiger partial charge >= 0.3 is 0 Å². The maximum absolute atomic E-state index is 4.45. The van der Waals surface area contributed by atoms with Crippen molar-refractivity contribution in [3.8, 4) is 0 Å². The van der Waals surface area contributed by atoms with Crippen molar-refractivity contribution in [2.75, 3.05) is 11.9 Å². The van der Waals surface area contributed by atoms with E-state index in [1.807, 2.05) is 6.20 Å². The van der Waals surface area contributed by atoms with Crippen LogP contribution in [0.2, 0.25) is 0 Å². The molecule has 1 fully saturated rings. The fourth-order valence-corrected chi connectivity index (χ4v) is 2.80. The van der Waals surface area contributed by atoms with Gasteiger partial charge in [-0.25, -0.2) is 4.98 Å². The van der Waals surface area contributed by atoms with E-state index in [2.05, 4.69) is 34.9 Å². The molecule has 1 saturated carbocycles.